The minimum Gasteiger partial charge on any atom is -0.406 e. The molecule has 0 bridgehead atoms. The summed E-state index contributed by atoms with van der Waals surface area (Å²) in [6, 6.07) is 6.48. The molecular weight excluding hydrogens is 395 g/mol. The number of hydrogen-bond acceptors (Lipinski definition) is 6. The van der Waals surface area contributed by atoms with Gasteiger partial charge in [0.1, 0.15) is 9.96 Å². The van der Waals surface area contributed by atoms with Crippen LogP contribution in [0.2, 0.25) is 0 Å². The number of rotatable bonds is 6. The summed E-state index contributed by atoms with van der Waals surface area (Å²) in [6.07, 6.45) is -4.87. The lowest BCUT2D eigenvalue weighted by atomic mass is 10.2. The molecule has 142 valence electrons. The normalized spacial score (nSPS) is 13.3. The summed E-state index contributed by atoms with van der Waals surface area (Å²) >= 11 is 0.792. The van der Waals surface area contributed by atoms with E-state index in [1.54, 1.807) is 0 Å². The highest BCUT2D eigenvalue weighted by Gasteiger charge is 2.31. The average Bonchev–Trinajstić information content (AvgIpc) is 3.02. The molecule has 1 aromatic carbocycles. The highest BCUT2D eigenvalue weighted by molar-refractivity contribution is 7.93. The van der Waals surface area contributed by atoms with Gasteiger partial charge in [0.15, 0.2) is 0 Å². The molecule has 2 aromatic rings. The first-order valence-electron chi connectivity index (χ1n) is 7.15. The van der Waals surface area contributed by atoms with Crippen LogP contribution in [0.5, 0.6) is 5.75 Å². The summed E-state index contributed by atoms with van der Waals surface area (Å²) in [6.45, 7) is 1.15. The van der Waals surface area contributed by atoms with Gasteiger partial charge < -0.3 is 15.2 Å². The van der Waals surface area contributed by atoms with E-state index in [1.807, 2.05) is 0 Å². The first-order chi connectivity index (χ1) is 12.0. The Balaban J connectivity index is 2.19. The quantitative estimate of drug-likeness (QED) is 0.765. The van der Waals surface area contributed by atoms with Gasteiger partial charge in [-0.1, -0.05) is 6.92 Å². The number of benzene rings is 1. The van der Waals surface area contributed by atoms with Crippen LogP contribution in [0.4, 0.5) is 18.2 Å². The van der Waals surface area contributed by atoms with E-state index in [9.17, 15) is 26.4 Å². The zero-order valence-corrected chi connectivity index (χ0v) is 14.9. The second-order valence-electron chi connectivity index (χ2n) is 5.21. The number of aliphatic hydroxyl groups is 1. The number of halogens is 3. The Kier molecular flexibility index (Phi) is 5.94. The van der Waals surface area contributed by atoms with Gasteiger partial charge >= 0.3 is 6.36 Å². The molecule has 1 aromatic heterocycles. The number of sulfone groups is 1. The van der Waals surface area contributed by atoms with Crippen LogP contribution in [0.3, 0.4) is 0 Å². The SMILES string of the molecule is C[C@H](CO)C(=O)Nc1ccc(S(=O)(=O)c2ccc(OC(F)(F)F)cc2)s1. The summed E-state index contributed by atoms with van der Waals surface area (Å²) in [7, 11) is -3.96. The number of hydrogen-bond donors (Lipinski definition) is 2. The first-order valence-corrected chi connectivity index (χ1v) is 9.45. The van der Waals surface area contributed by atoms with E-state index >= 15 is 0 Å². The first kappa shape index (κ1) is 20.2. The Bertz CT molecular complexity index is 875. The van der Waals surface area contributed by atoms with Crippen LogP contribution in [0.25, 0.3) is 0 Å². The maximum Gasteiger partial charge on any atom is 0.573 e. The number of anilines is 1. The zero-order chi connectivity index (χ0) is 19.5. The van der Waals surface area contributed by atoms with Crippen LogP contribution in [0.1, 0.15) is 6.92 Å². The summed E-state index contributed by atoms with van der Waals surface area (Å²) in [5, 5.41) is 11.7. The van der Waals surface area contributed by atoms with Crippen molar-refractivity contribution in [3.63, 3.8) is 0 Å². The highest BCUT2D eigenvalue weighted by atomic mass is 32.2. The molecule has 1 atom stereocenters. The number of amides is 1. The van der Waals surface area contributed by atoms with Gasteiger partial charge in [0.05, 0.1) is 22.4 Å². The Morgan fingerprint density at radius 3 is 2.38 bits per heavy atom. The van der Waals surface area contributed by atoms with Crippen LogP contribution in [0.15, 0.2) is 45.5 Å². The Morgan fingerprint density at radius 1 is 1.23 bits per heavy atom. The summed E-state index contributed by atoms with van der Waals surface area (Å²) in [5.41, 5.74) is 0. The van der Waals surface area contributed by atoms with E-state index in [1.165, 1.54) is 19.1 Å². The second kappa shape index (κ2) is 7.64. The number of aliphatic hydroxyl groups excluding tert-OH is 1. The molecule has 0 saturated heterocycles. The van der Waals surface area contributed by atoms with Gasteiger partial charge in [-0.05, 0) is 36.4 Å². The zero-order valence-electron chi connectivity index (χ0n) is 13.3. The minimum atomic E-state index is -4.87. The van der Waals surface area contributed by atoms with Crippen molar-refractivity contribution in [3.8, 4) is 5.75 Å². The second-order valence-corrected chi connectivity index (χ2v) is 8.47. The summed E-state index contributed by atoms with van der Waals surface area (Å²) in [4.78, 5) is 11.5. The van der Waals surface area contributed by atoms with Crippen LogP contribution in [0, 0.1) is 5.92 Å². The van der Waals surface area contributed by atoms with Crippen LogP contribution in [-0.4, -0.2) is 32.4 Å². The number of carbonyl (C=O) groups excluding carboxylic acids is 1. The predicted octanol–water partition coefficient (Wildman–Crippen LogP) is 3.05. The fourth-order valence-corrected chi connectivity index (χ4v) is 4.41. The lowest BCUT2D eigenvalue weighted by molar-refractivity contribution is -0.274. The van der Waals surface area contributed by atoms with Gasteiger partial charge in [-0.25, -0.2) is 8.42 Å². The topological polar surface area (TPSA) is 92.7 Å². The molecule has 6 nitrogen and oxygen atoms in total. The molecule has 1 amide bonds. The van der Waals surface area contributed by atoms with E-state index in [0.29, 0.717) is 0 Å². The van der Waals surface area contributed by atoms with Gasteiger partial charge in [-0.2, -0.15) is 0 Å². The van der Waals surface area contributed by atoms with E-state index in [0.717, 1.165) is 35.6 Å². The fourth-order valence-electron chi connectivity index (χ4n) is 1.80. The van der Waals surface area contributed by atoms with Gasteiger partial charge in [-0.3, -0.25) is 4.79 Å². The molecule has 1 heterocycles. The fraction of sp³-hybridized carbons (Fsp3) is 0.267. The van der Waals surface area contributed by atoms with Crippen LogP contribution >= 0.6 is 11.3 Å². The Labute approximate surface area is 151 Å². The number of ether oxygens (including phenoxy) is 1. The molecule has 0 aliphatic heterocycles. The van der Waals surface area contributed by atoms with Gasteiger partial charge in [0.25, 0.3) is 0 Å². The largest absolute Gasteiger partial charge is 0.573 e. The van der Waals surface area contributed by atoms with E-state index in [-0.39, 0.29) is 20.7 Å². The minimum absolute atomic E-state index is 0.0889. The smallest absolute Gasteiger partial charge is 0.406 e. The van der Waals surface area contributed by atoms with Crippen molar-refractivity contribution in [2.75, 3.05) is 11.9 Å². The van der Waals surface area contributed by atoms with Crippen molar-refractivity contribution >= 4 is 32.1 Å². The molecular formula is C15H14F3NO5S2. The van der Waals surface area contributed by atoms with Gasteiger partial charge in [0.2, 0.25) is 15.7 Å². The third kappa shape index (κ3) is 4.96. The van der Waals surface area contributed by atoms with Crippen molar-refractivity contribution in [1.29, 1.82) is 0 Å². The molecule has 2 rings (SSSR count). The third-order valence-corrected chi connectivity index (χ3v) is 6.44. The molecule has 2 N–H and O–H groups in total. The van der Waals surface area contributed by atoms with Crippen molar-refractivity contribution in [3.05, 3.63) is 36.4 Å². The number of thiophene rings is 1. The van der Waals surface area contributed by atoms with E-state index < -0.39 is 33.8 Å². The third-order valence-electron chi connectivity index (χ3n) is 3.18. The maximum atomic E-state index is 12.5. The molecule has 0 aliphatic carbocycles. The molecule has 26 heavy (non-hydrogen) atoms. The summed E-state index contributed by atoms with van der Waals surface area (Å²) < 4.78 is 65.1. The summed E-state index contributed by atoms with van der Waals surface area (Å²) in [5.74, 6) is -1.65. The molecule has 0 saturated carbocycles. The maximum absolute atomic E-state index is 12.5. The Morgan fingerprint density at radius 2 is 1.85 bits per heavy atom. The van der Waals surface area contributed by atoms with Gasteiger partial charge in [0, 0.05) is 0 Å². The number of alkyl halides is 3. The van der Waals surface area contributed by atoms with Crippen LogP contribution in [-0.2, 0) is 14.6 Å². The lowest BCUT2D eigenvalue weighted by Crippen LogP contribution is -2.22. The Hall–Kier alpha value is -2.11. The van der Waals surface area contributed by atoms with Gasteiger partial charge in [-0.15, -0.1) is 24.5 Å². The van der Waals surface area contributed by atoms with Crippen molar-refractivity contribution < 1.29 is 36.2 Å². The lowest BCUT2D eigenvalue weighted by Gasteiger charge is -2.09. The van der Waals surface area contributed by atoms with Crippen molar-refractivity contribution in [2.24, 2.45) is 5.92 Å². The molecule has 0 unspecified atom stereocenters. The van der Waals surface area contributed by atoms with Crippen molar-refractivity contribution in [1.82, 2.24) is 0 Å². The molecule has 0 radical (unpaired) electrons. The van der Waals surface area contributed by atoms with Crippen LogP contribution < -0.4 is 10.1 Å². The molecule has 0 spiro atoms. The van der Waals surface area contributed by atoms with E-state index in [2.05, 4.69) is 10.1 Å². The number of nitrogens with one attached hydrogen (secondary N) is 1. The number of carbonyl (C=O) groups is 1. The van der Waals surface area contributed by atoms with Crippen molar-refractivity contribution in [2.45, 2.75) is 22.4 Å². The molecule has 0 fully saturated rings. The standard InChI is InChI=1S/C15H14F3NO5S2/c1-9(8-20)14(21)19-12-6-7-13(25-12)26(22,23)11-4-2-10(3-5-11)24-15(16,17)18/h2-7,9,20H,8H2,1H3,(H,19,21)/t9-/m1/s1. The van der Waals surface area contributed by atoms with E-state index in [4.69, 9.17) is 5.11 Å². The predicted molar refractivity (Wildman–Crippen MR) is 87.8 cm³/mol. The molecule has 0 aliphatic rings. The monoisotopic (exact) mass is 409 g/mol. The average molecular weight is 409 g/mol. The molecule has 11 heteroatoms. The highest BCUT2D eigenvalue weighted by Crippen LogP contribution is 2.32.